The normalized spacial score (nSPS) is 13.9. The van der Waals surface area contributed by atoms with Crippen molar-refractivity contribution in [3.05, 3.63) is 33.3 Å². The lowest BCUT2D eigenvalue weighted by Gasteiger charge is -2.22. The molecule has 0 heterocycles. The van der Waals surface area contributed by atoms with Crippen LogP contribution in [0.1, 0.15) is 40.0 Å². The van der Waals surface area contributed by atoms with Gasteiger partial charge in [0.25, 0.3) is 5.69 Å². The molecule has 19 heavy (non-hydrogen) atoms. The molecule has 0 saturated heterocycles. The summed E-state index contributed by atoms with van der Waals surface area (Å²) in [6.45, 7) is 6.53. The van der Waals surface area contributed by atoms with Gasteiger partial charge in [-0.15, -0.1) is 0 Å². The molecule has 2 unspecified atom stereocenters. The first-order valence-corrected chi connectivity index (χ1v) is 7.06. The van der Waals surface area contributed by atoms with Gasteiger partial charge in [-0.25, -0.2) is 0 Å². The van der Waals surface area contributed by atoms with Gasteiger partial charge in [0.05, 0.1) is 15.6 Å². The van der Waals surface area contributed by atoms with Crippen molar-refractivity contribution in [2.75, 3.05) is 5.32 Å². The zero-order valence-corrected chi connectivity index (χ0v) is 12.4. The van der Waals surface area contributed by atoms with E-state index in [4.69, 9.17) is 11.6 Å². The summed E-state index contributed by atoms with van der Waals surface area (Å²) in [5.74, 6) is 0.647. The van der Waals surface area contributed by atoms with Gasteiger partial charge in [-0.05, 0) is 24.8 Å². The summed E-state index contributed by atoms with van der Waals surface area (Å²) in [5.41, 5.74) is 0.785. The highest BCUT2D eigenvalue weighted by molar-refractivity contribution is 6.33. The van der Waals surface area contributed by atoms with Crippen LogP contribution >= 0.6 is 11.6 Å². The van der Waals surface area contributed by atoms with Gasteiger partial charge in [-0.2, -0.15) is 0 Å². The minimum atomic E-state index is -0.438. The summed E-state index contributed by atoms with van der Waals surface area (Å²) in [7, 11) is 0. The number of nitro groups is 1. The van der Waals surface area contributed by atoms with Gasteiger partial charge in [-0.3, -0.25) is 10.1 Å². The van der Waals surface area contributed by atoms with Crippen molar-refractivity contribution < 1.29 is 4.92 Å². The molecule has 2 atom stereocenters. The van der Waals surface area contributed by atoms with Crippen LogP contribution in [0.4, 0.5) is 11.4 Å². The van der Waals surface area contributed by atoms with Crippen molar-refractivity contribution >= 4 is 23.0 Å². The second kappa shape index (κ2) is 7.34. The zero-order chi connectivity index (χ0) is 14.4. The summed E-state index contributed by atoms with van der Waals surface area (Å²) < 4.78 is 0. The Bertz CT molecular complexity index is 437. The Morgan fingerprint density at radius 2 is 2.05 bits per heavy atom. The topological polar surface area (TPSA) is 55.2 Å². The molecule has 4 nitrogen and oxygen atoms in total. The molecule has 106 valence electrons. The second-order valence-corrected chi connectivity index (χ2v) is 5.33. The van der Waals surface area contributed by atoms with E-state index in [1.54, 1.807) is 6.07 Å². The molecule has 0 aliphatic rings. The number of anilines is 1. The van der Waals surface area contributed by atoms with E-state index in [0.29, 0.717) is 17.0 Å². The number of hydrogen-bond acceptors (Lipinski definition) is 3. The monoisotopic (exact) mass is 284 g/mol. The molecule has 0 aliphatic heterocycles. The third kappa shape index (κ3) is 4.71. The average molecular weight is 285 g/mol. The number of hydrogen-bond donors (Lipinski definition) is 1. The Hall–Kier alpha value is -1.29. The van der Waals surface area contributed by atoms with E-state index in [0.717, 1.165) is 24.9 Å². The van der Waals surface area contributed by atoms with Crippen molar-refractivity contribution in [3.63, 3.8) is 0 Å². The first-order chi connectivity index (χ1) is 8.97. The maximum Gasteiger partial charge on any atom is 0.271 e. The van der Waals surface area contributed by atoms with E-state index < -0.39 is 4.92 Å². The average Bonchev–Trinajstić information content (AvgIpc) is 2.39. The third-order valence-corrected chi connectivity index (χ3v) is 3.71. The summed E-state index contributed by atoms with van der Waals surface area (Å²) in [6, 6.07) is 4.89. The van der Waals surface area contributed by atoms with Crippen molar-refractivity contribution in [1.82, 2.24) is 0 Å². The Morgan fingerprint density at radius 3 is 2.53 bits per heavy atom. The van der Waals surface area contributed by atoms with Gasteiger partial charge >= 0.3 is 0 Å². The molecule has 0 bridgehead atoms. The molecule has 1 N–H and O–H groups in total. The van der Waals surface area contributed by atoms with Crippen molar-refractivity contribution in [2.45, 2.75) is 46.1 Å². The first kappa shape index (κ1) is 15.8. The quantitative estimate of drug-likeness (QED) is 0.574. The SMILES string of the molecule is CCC(C)CC(CC)Nc1ccc([N+](=O)[O-])cc1Cl. The zero-order valence-electron chi connectivity index (χ0n) is 11.6. The van der Waals surface area contributed by atoms with Crippen molar-refractivity contribution in [1.29, 1.82) is 0 Å². The highest BCUT2D eigenvalue weighted by Gasteiger charge is 2.14. The first-order valence-electron chi connectivity index (χ1n) is 6.68. The van der Waals surface area contributed by atoms with E-state index in [2.05, 4.69) is 26.1 Å². The van der Waals surface area contributed by atoms with Crippen molar-refractivity contribution in [2.24, 2.45) is 5.92 Å². The molecule has 1 aromatic rings. The van der Waals surface area contributed by atoms with Crippen LogP contribution in [-0.4, -0.2) is 11.0 Å². The van der Waals surface area contributed by atoms with E-state index in [9.17, 15) is 10.1 Å². The van der Waals surface area contributed by atoms with E-state index in [1.807, 2.05) is 0 Å². The van der Waals surface area contributed by atoms with Crippen LogP contribution in [0.25, 0.3) is 0 Å². The highest BCUT2D eigenvalue weighted by Crippen LogP contribution is 2.28. The standard InChI is InChI=1S/C14H21ClN2O2/c1-4-10(3)8-11(5-2)16-14-7-6-12(17(18)19)9-13(14)15/h6-7,9-11,16H,4-5,8H2,1-3H3. The number of benzene rings is 1. The van der Waals surface area contributed by atoms with E-state index in [-0.39, 0.29) is 5.69 Å². The predicted octanol–water partition coefficient (Wildman–Crippen LogP) is 4.87. The van der Waals surface area contributed by atoms with Crippen LogP contribution in [-0.2, 0) is 0 Å². The lowest BCUT2D eigenvalue weighted by atomic mass is 9.97. The predicted molar refractivity (Wildman–Crippen MR) is 79.9 cm³/mol. The summed E-state index contributed by atoms with van der Waals surface area (Å²) in [5, 5.41) is 14.4. The maximum atomic E-state index is 10.7. The van der Waals surface area contributed by atoms with Crippen LogP contribution in [0.2, 0.25) is 5.02 Å². The molecule has 1 rings (SSSR count). The molecular formula is C14H21ClN2O2. The summed E-state index contributed by atoms with van der Waals surface area (Å²) in [6.07, 6.45) is 3.21. The third-order valence-electron chi connectivity index (χ3n) is 3.40. The molecule has 1 aromatic carbocycles. The minimum Gasteiger partial charge on any atom is -0.381 e. The molecule has 0 aliphatic carbocycles. The fourth-order valence-corrected chi connectivity index (χ4v) is 2.16. The van der Waals surface area contributed by atoms with Gasteiger partial charge in [0.1, 0.15) is 0 Å². The molecule has 0 spiro atoms. The van der Waals surface area contributed by atoms with Crippen molar-refractivity contribution in [3.8, 4) is 0 Å². The molecule has 0 amide bonds. The fourth-order valence-electron chi connectivity index (χ4n) is 1.93. The van der Waals surface area contributed by atoms with Crippen LogP contribution in [0.5, 0.6) is 0 Å². The number of nitro benzene ring substituents is 1. The van der Waals surface area contributed by atoms with Crippen LogP contribution in [0.3, 0.4) is 0 Å². The number of nitrogens with zero attached hydrogens (tertiary/aromatic N) is 1. The Morgan fingerprint density at radius 1 is 1.37 bits per heavy atom. The van der Waals surface area contributed by atoms with Gasteiger partial charge in [0.2, 0.25) is 0 Å². The number of halogens is 1. The van der Waals surface area contributed by atoms with Crippen LogP contribution in [0.15, 0.2) is 18.2 Å². The maximum absolute atomic E-state index is 10.7. The summed E-state index contributed by atoms with van der Waals surface area (Å²) in [4.78, 5) is 10.2. The molecule has 0 fully saturated rings. The molecule has 0 saturated carbocycles. The van der Waals surface area contributed by atoms with E-state index >= 15 is 0 Å². The smallest absolute Gasteiger partial charge is 0.271 e. The molecule has 0 radical (unpaired) electrons. The number of rotatable bonds is 7. The lowest BCUT2D eigenvalue weighted by molar-refractivity contribution is -0.384. The van der Waals surface area contributed by atoms with Gasteiger partial charge in [0, 0.05) is 18.2 Å². The number of nitrogens with one attached hydrogen (secondary N) is 1. The fraction of sp³-hybridized carbons (Fsp3) is 0.571. The Balaban J connectivity index is 2.77. The Kier molecular flexibility index (Phi) is 6.09. The lowest BCUT2D eigenvalue weighted by Crippen LogP contribution is -2.21. The molecule has 5 heteroatoms. The van der Waals surface area contributed by atoms with Crippen LogP contribution in [0, 0.1) is 16.0 Å². The molecular weight excluding hydrogens is 264 g/mol. The second-order valence-electron chi connectivity index (χ2n) is 4.92. The minimum absolute atomic E-state index is 0.0190. The Labute approximate surface area is 119 Å². The molecule has 0 aromatic heterocycles. The van der Waals surface area contributed by atoms with Gasteiger partial charge in [0.15, 0.2) is 0 Å². The van der Waals surface area contributed by atoms with Crippen LogP contribution < -0.4 is 5.32 Å². The summed E-state index contributed by atoms with van der Waals surface area (Å²) >= 11 is 6.08. The highest BCUT2D eigenvalue weighted by atomic mass is 35.5. The van der Waals surface area contributed by atoms with E-state index in [1.165, 1.54) is 12.1 Å². The largest absolute Gasteiger partial charge is 0.381 e. The van der Waals surface area contributed by atoms with Gasteiger partial charge < -0.3 is 5.32 Å². The van der Waals surface area contributed by atoms with Gasteiger partial charge in [-0.1, -0.05) is 38.8 Å². The number of non-ortho nitro benzene ring substituents is 1.